The van der Waals surface area contributed by atoms with Gasteiger partial charge in [-0.1, -0.05) is 30.4 Å². The summed E-state index contributed by atoms with van der Waals surface area (Å²) in [6.07, 6.45) is 3.94. The predicted octanol–water partition coefficient (Wildman–Crippen LogP) is 3.03. The highest BCUT2D eigenvalue weighted by Crippen LogP contribution is 2.50. The van der Waals surface area contributed by atoms with Crippen LogP contribution >= 0.6 is 0 Å². The minimum atomic E-state index is -0.305. The molecule has 1 aromatic carbocycles. The molecule has 1 spiro atoms. The molecule has 0 radical (unpaired) electrons. The van der Waals surface area contributed by atoms with Crippen LogP contribution in [0.15, 0.2) is 36.4 Å². The summed E-state index contributed by atoms with van der Waals surface area (Å²) >= 11 is 0. The van der Waals surface area contributed by atoms with Gasteiger partial charge in [0.15, 0.2) is 0 Å². The third kappa shape index (κ3) is 1.30. The van der Waals surface area contributed by atoms with Crippen molar-refractivity contribution in [2.24, 2.45) is 0 Å². The lowest BCUT2D eigenvalue weighted by atomic mass is 9.69. The summed E-state index contributed by atoms with van der Waals surface area (Å²) in [5.74, 6) is 0.250. The molecule has 0 N–H and O–H groups in total. The smallest absolute Gasteiger partial charge is 0.237 e. The Bertz CT molecular complexity index is 505. The Morgan fingerprint density at radius 3 is 2.88 bits per heavy atom. The van der Waals surface area contributed by atoms with E-state index in [9.17, 15) is 4.79 Å². The lowest BCUT2D eigenvalue weighted by Crippen LogP contribution is -2.40. The Balaban J connectivity index is 2.17. The fourth-order valence-corrected chi connectivity index (χ4v) is 3.37. The van der Waals surface area contributed by atoms with Gasteiger partial charge in [-0.15, -0.1) is 0 Å². The van der Waals surface area contributed by atoms with Gasteiger partial charge >= 0.3 is 0 Å². The zero-order chi connectivity index (χ0) is 12.0. The number of hydrogen-bond donors (Lipinski definition) is 0. The van der Waals surface area contributed by atoms with Gasteiger partial charge in [0.2, 0.25) is 5.91 Å². The van der Waals surface area contributed by atoms with Gasteiger partial charge in [-0.3, -0.25) is 4.79 Å². The molecular formula is C15H17NO. The molecule has 0 bridgehead atoms. The molecular weight excluding hydrogens is 210 g/mol. The first kappa shape index (κ1) is 10.6. The Morgan fingerprint density at radius 2 is 2.12 bits per heavy atom. The van der Waals surface area contributed by atoms with Gasteiger partial charge in [-0.2, -0.15) is 0 Å². The van der Waals surface area contributed by atoms with Crippen LogP contribution in [0.5, 0.6) is 0 Å². The Hall–Kier alpha value is -1.57. The number of likely N-dealkylation sites (N-methyl/N-ethyl adjacent to an activating group) is 1. The van der Waals surface area contributed by atoms with Crippen molar-refractivity contribution in [1.82, 2.24) is 0 Å². The van der Waals surface area contributed by atoms with Gasteiger partial charge in [0.25, 0.3) is 0 Å². The SMILES string of the molecule is C=C1CCCC2(C1)C(=O)N(C)c1ccccc12. The molecule has 1 atom stereocenters. The molecule has 0 saturated heterocycles. The maximum Gasteiger partial charge on any atom is 0.237 e. The lowest BCUT2D eigenvalue weighted by molar-refractivity contribution is -0.123. The molecule has 1 fully saturated rings. The van der Waals surface area contributed by atoms with Crippen LogP contribution in [0.25, 0.3) is 0 Å². The van der Waals surface area contributed by atoms with Crippen LogP contribution in [0.4, 0.5) is 5.69 Å². The quantitative estimate of drug-likeness (QED) is 0.624. The van der Waals surface area contributed by atoms with E-state index in [0.717, 1.165) is 31.4 Å². The second kappa shape index (κ2) is 3.46. The normalized spacial score (nSPS) is 27.7. The monoisotopic (exact) mass is 227 g/mol. The van der Waals surface area contributed by atoms with Crippen LogP contribution in [0.2, 0.25) is 0 Å². The predicted molar refractivity (Wildman–Crippen MR) is 69.1 cm³/mol. The highest BCUT2D eigenvalue weighted by atomic mass is 16.2. The van der Waals surface area contributed by atoms with E-state index in [2.05, 4.69) is 12.6 Å². The molecule has 2 aliphatic rings. The largest absolute Gasteiger partial charge is 0.314 e. The van der Waals surface area contributed by atoms with Crippen molar-refractivity contribution in [2.45, 2.75) is 31.1 Å². The van der Waals surface area contributed by atoms with Crippen molar-refractivity contribution in [3.8, 4) is 0 Å². The zero-order valence-corrected chi connectivity index (χ0v) is 10.2. The van der Waals surface area contributed by atoms with Crippen LogP contribution in [0, 0.1) is 0 Å². The number of hydrogen-bond acceptors (Lipinski definition) is 1. The van der Waals surface area contributed by atoms with Crippen LogP contribution in [0.3, 0.4) is 0 Å². The third-order valence-electron chi connectivity index (χ3n) is 4.18. The summed E-state index contributed by atoms with van der Waals surface area (Å²) in [5, 5.41) is 0. The Kier molecular flexibility index (Phi) is 2.15. The number of rotatable bonds is 0. The van der Waals surface area contributed by atoms with E-state index in [1.54, 1.807) is 0 Å². The molecule has 1 amide bonds. The van der Waals surface area contributed by atoms with E-state index in [1.165, 1.54) is 11.1 Å². The number of carbonyl (C=O) groups is 1. The standard InChI is InChI=1S/C15H17NO/c1-11-6-5-9-15(10-11)12-7-3-4-8-13(12)16(2)14(15)17/h3-4,7-8H,1,5-6,9-10H2,2H3. The number of anilines is 1. The summed E-state index contributed by atoms with van der Waals surface area (Å²) in [7, 11) is 1.88. The molecule has 1 heterocycles. The highest BCUT2D eigenvalue weighted by Gasteiger charge is 2.50. The number of nitrogens with zero attached hydrogens (tertiary/aromatic N) is 1. The molecule has 1 aliphatic carbocycles. The average molecular weight is 227 g/mol. The second-order valence-corrected chi connectivity index (χ2v) is 5.24. The molecule has 2 nitrogen and oxygen atoms in total. The number of amides is 1. The fourth-order valence-electron chi connectivity index (χ4n) is 3.37. The highest BCUT2D eigenvalue weighted by molar-refractivity contribution is 6.08. The summed E-state index contributed by atoms with van der Waals surface area (Å²) in [6, 6.07) is 8.18. The number of fused-ring (bicyclic) bond motifs is 2. The molecule has 1 unspecified atom stereocenters. The van der Waals surface area contributed by atoms with Crippen LogP contribution in [-0.2, 0) is 10.2 Å². The van der Waals surface area contributed by atoms with Gasteiger partial charge < -0.3 is 4.90 Å². The zero-order valence-electron chi connectivity index (χ0n) is 10.2. The first-order valence-electron chi connectivity index (χ1n) is 6.19. The molecule has 2 heteroatoms. The second-order valence-electron chi connectivity index (χ2n) is 5.24. The van der Waals surface area contributed by atoms with E-state index in [0.29, 0.717) is 0 Å². The molecule has 1 saturated carbocycles. The van der Waals surface area contributed by atoms with E-state index in [1.807, 2.05) is 30.1 Å². The maximum atomic E-state index is 12.6. The molecule has 1 aromatic rings. The van der Waals surface area contributed by atoms with Gasteiger partial charge in [0, 0.05) is 12.7 Å². The van der Waals surface area contributed by atoms with E-state index in [4.69, 9.17) is 0 Å². The van der Waals surface area contributed by atoms with Crippen molar-refractivity contribution in [2.75, 3.05) is 11.9 Å². The van der Waals surface area contributed by atoms with Crippen LogP contribution in [0.1, 0.15) is 31.2 Å². The lowest BCUT2D eigenvalue weighted by Gasteiger charge is -2.33. The van der Waals surface area contributed by atoms with Gasteiger partial charge in [-0.25, -0.2) is 0 Å². The minimum Gasteiger partial charge on any atom is -0.314 e. The van der Waals surface area contributed by atoms with Crippen molar-refractivity contribution >= 4 is 11.6 Å². The van der Waals surface area contributed by atoms with Crippen molar-refractivity contribution in [3.63, 3.8) is 0 Å². The van der Waals surface area contributed by atoms with Crippen molar-refractivity contribution < 1.29 is 4.79 Å². The summed E-state index contributed by atoms with van der Waals surface area (Å²) in [6.45, 7) is 4.09. The summed E-state index contributed by atoms with van der Waals surface area (Å²) < 4.78 is 0. The first-order valence-corrected chi connectivity index (χ1v) is 6.19. The first-order chi connectivity index (χ1) is 8.15. The van der Waals surface area contributed by atoms with E-state index < -0.39 is 0 Å². The fraction of sp³-hybridized carbons (Fsp3) is 0.400. The van der Waals surface area contributed by atoms with Crippen molar-refractivity contribution in [1.29, 1.82) is 0 Å². The van der Waals surface area contributed by atoms with Gasteiger partial charge in [-0.05, 0) is 37.3 Å². The van der Waals surface area contributed by atoms with Crippen LogP contribution < -0.4 is 4.90 Å². The minimum absolute atomic E-state index is 0.250. The van der Waals surface area contributed by atoms with E-state index in [-0.39, 0.29) is 11.3 Å². The van der Waals surface area contributed by atoms with E-state index >= 15 is 0 Å². The molecule has 17 heavy (non-hydrogen) atoms. The Morgan fingerprint density at radius 1 is 1.35 bits per heavy atom. The third-order valence-corrected chi connectivity index (χ3v) is 4.18. The van der Waals surface area contributed by atoms with Crippen molar-refractivity contribution in [3.05, 3.63) is 42.0 Å². The van der Waals surface area contributed by atoms with Gasteiger partial charge in [0.05, 0.1) is 5.41 Å². The van der Waals surface area contributed by atoms with Gasteiger partial charge in [0.1, 0.15) is 0 Å². The number of carbonyl (C=O) groups excluding carboxylic acids is 1. The average Bonchev–Trinajstić information content (AvgIpc) is 2.54. The maximum absolute atomic E-state index is 12.6. The molecule has 0 aromatic heterocycles. The topological polar surface area (TPSA) is 20.3 Å². The number of benzene rings is 1. The molecule has 1 aliphatic heterocycles. The summed E-state index contributed by atoms with van der Waals surface area (Å²) in [5.41, 5.74) is 3.19. The molecule has 3 rings (SSSR count). The number of para-hydroxylation sites is 1. The summed E-state index contributed by atoms with van der Waals surface area (Å²) in [4.78, 5) is 14.4. The Labute approximate surface area is 102 Å². The number of allylic oxidation sites excluding steroid dienone is 1. The van der Waals surface area contributed by atoms with Crippen LogP contribution in [-0.4, -0.2) is 13.0 Å². The molecule has 88 valence electrons.